The third kappa shape index (κ3) is 6.76. The van der Waals surface area contributed by atoms with Crippen molar-refractivity contribution in [2.24, 2.45) is 17.3 Å². The van der Waals surface area contributed by atoms with Gasteiger partial charge in [-0.1, -0.05) is 44.5 Å². The fraction of sp³-hybridized carbons (Fsp3) is 0.516. The predicted octanol–water partition coefficient (Wildman–Crippen LogP) is 5.90. The Bertz CT molecular complexity index is 1250. The van der Waals surface area contributed by atoms with Gasteiger partial charge in [-0.15, -0.1) is 0 Å². The van der Waals surface area contributed by atoms with Crippen molar-refractivity contribution in [2.45, 2.75) is 65.0 Å². The maximum Gasteiger partial charge on any atom is 0.309 e. The number of benzene rings is 2. The van der Waals surface area contributed by atoms with Crippen molar-refractivity contribution >= 4 is 34.9 Å². The maximum atomic E-state index is 15.2. The summed E-state index contributed by atoms with van der Waals surface area (Å²) in [6, 6.07) is 13.5. The van der Waals surface area contributed by atoms with Gasteiger partial charge in [-0.3, -0.25) is 9.59 Å². The van der Waals surface area contributed by atoms with E-state index in [4.69, 9.17) is 16.3 Å². The molecule has 2 N–H and O–H groups in total. The van der Waals surface area contributed by atoms with Crippen LogP contribution in [0.5, 0.6) is 0 Å². The third-order valence-electron chi connectivity index (χ3n) is 7.79. The molecule has 1 amide bonds. The van der Waals surface area contributed by atoms with Gasteiger partial charge >= 0.3 is 5.97 Å². The number of hydrogen-bond acceptors (Lipinski definition) is 6. The van der Waals surface area contributed by atoms with Crippen molar-refractivity contribution < 1.29 is 18.7 Å². The molecule has 2 saturated heterocycles. The van der Waals surface area contributed by atoms with E-state index in [1.165, 1.54) is 6.07 Å². The van der Waals surface area contributed by atoms with Gasteiger partial charge in [0.25, 0.3) is 0 Å². The average molecular weight is 569 g/mol. The first-order chi connectivity index (χ1) is 19.0. The van der Waals surface area contributed by atoms with Crippen molar-refractivity contribution in [1.29, 1.82) is 5.26 Å². The van der Waals surface area contributed by atoms with E-state index < -0.39 is 23.7 Å². The molecule has 4 atom stereocenters. The lowest BCUT2D eigenvalue weighted by Gasteiger charge is -2.32. The number of hydrogen-bond donors (Lipinski definition) is 2. The number of ether oxygens (including phenoxy) is 1. The molecule has 214 valence electrons. The number of esters is 1. The Balaban J connectivity index is 1.49. The van der Waals surface area contributed by atoms with Crippen LogP contribution in [0.1, 0.15) is 58.4 Å². The number of halogens is 2. The summed E-state index contributed by atoms with van der Waals surface area (Å²) in [4.78, 5) is 27.9. The summed E-state index contributed by atoms with van der Waals surface area (Å²) in [5.41, 5.74) is 1.78. The first-order valence-electron chi connectivity index (χ1n) is 13.9. The molecule has 2 aromatic rings. The molecule has 4 rings (SSSR count). The summed E-state index contributed by atoms with van der Waals surface area (Å²) >= 11 is 6.09. The summed E-state index contributed by atoms with van der Waals surface area (Å²) in [6.07, 6.45) is 2.12. The van der Waals surface area contributed by atoms with Crippen molar-refractivity contribution in [2.75, 3.05) is 29.9 Å². The van der Waals surface area contributed by atoms with Crippen LogP contribution < -0.4 is 15.5 Å². The van der Waals surface area contributed by atoms with Crippen molar-refractivity contribution in [3.8, 4) is 6.07 Å². The molecule has 0 bridgehead atoms. The molecule has 0 aliphatic carbocycles. The molecule has 2 aliphatic heterocycles. The molecule has 0 spiro atoms. The van der Waals surface area contributed by atoms with Crippen LogP contribution in [0.25, 0.3) is 0 Å². The predicted molar refractivity (Wildman–Crippen MR) is 155 cm³/mol. The lowest BCUT2D eigenvalue weighted by molar-refractivity contribution is -0.148. The SMILES string of the molecule is CCOC(=O)C1CCN(c2ccc(NC(=O)[C@@H]3NC(CC(C)(C)C)[C@@H](C#N)C3c3cccc(Cl)c3F)cc2)CC1. The Kier molecular flexibility index (Phi) is 9.37. The van der Waals surface area contributed by atoms with Crippen LogP contribution in [0.2, 0.25) is 5.02 Å². The summed E-state index contributed by atoms with van der Waals surface area (Å²) in [5, 5.41) is 16.4. The van der Waals surface area contributed by atoms with Crippen LogP contribution in [0.4, 0.5) is 15.8 Å². The molecule has 7 nitrogen and oxygen atoms in total. The molecule has 0 radical (unpaired) electrons. The minimum atomic E-state index is -0.813. The number of piperidine rings is 1. The lowest BCUT2D eigenvalue weighted by atomic mass is 9.77. The minimum absolute atomic E-state index is 0.0329. The molecule has 2 aromatic carbocycles. The normalized spacial score (nSPS) is 23.5. The molecule has 9 heteroatoms. The third-order valence-corrected chi connectivity index (χ3v) is 8.08. The Labute approximate surface area is 241 Å². The fourth-order valence-electron chi connectivity index (χ4n) is 5.91. The van der Waals surface area contributed by atoms with Gasteiger partial charge in [0.2, 0.25) is 5.91 Å². The molecule has 40 heavy (non-hydrogen) atoms. The highest BCUT2D eigenvalue weighted by Gasteiger charge is 2.49. The van der Waals surface area contributed by atoms with Crippen molar-refractivity contribution in [3.63, 3.8) is 0 Å². The number of amides is 1. The monoisotopic (exact) mass is 568 g/mol. The van der Waals surface area contributed by atoms with E-state index in [0.29, 0.717) is 18.7 Å². The number of nitriles is 1. The molecule has 2 heterocycles. The van der Waals surface area contributed by atoms with Gasteiger partial charge < -0.3 is 20.3 Å². The van der Waals surface area contributed by atoms with Crippen LogP contribution in [0.3, 0.4) is 0 Å². The molecule has 0 saturated carbocycles. The van der Waals surface area contributed by atoms with E-state index >= 15 is 4.39 Å². The Morgan fingerprint density at radius 3 is 2.45 bits per heavy atom. The quantitative estimate of drug-likeness (QED) is 0.404. The Morgan fingerprint density at radius 2 is 1.85 bits per heavy atom. The zero-order chi connectivity index (χ0) is 29.0. The standard InChI is InChI=1S/C31H38ClFN4O3/c1-5-40-30(39)19-13-15-37(16-14-19)21-11-9-20(10-12-21)35-29(38)28-26(22-7-6-8-24(32)27(22)33)23(18-34)25(36-28)17-31(2,3)4/h6-12,19,23,25-26,28,36H,5,13-17H2,1-4H3,(H,35,38)/t23-,25?,26?,28-/m1/s1. The summed E-state index contributed by atoms with van der Waals surface area (Å²) in [7, 11) is 0. The maximum absolute atomic E-state index is 15.2. The summed E-state index contributed by atoms with van der Waals surface area (Å²) in [5.74, 6) is -2.42. The highest BCUT2D eigenvalue weighted by molar-refractivity contribution is 6.30. The van der Waals surface area contributed by atoms with Gasteiger partial charge in [-0.2, -0.15) is 5.26 Å². The summed E-state index contributed by atoms with van der Waals surface area (Å²) < 4.78 is 20.4. The largest absolute Gasteiger partial charge is 0.466 e. The highest BCUT2D eigenvalue weighted by Crippen LogP contribution is 2.42. The molecule has 2 unspecified atom stereocenters. The second-order valence-electron chi connectivity index (χ2n) is 11.9. The van der Waals surface area contributed by atoms with Gasteiger partial charge in [0.05, 0.1) is 35.6 Å². The van der Waals surface area contributed by atoms with Crippen LogP contribution in [0.15, 0.2) is 42.5 Å². The van der Waals surface area contributed by atoms with Crippen LogP contribution >= 0.6 is 11.6 Å². The first-order valence-corrected chi connectivity index (χ1v) is 14.3. The topological polar surface area (TPSA) is 94.5 Å². The zero-order valence-corrected chi connectivity index (χ0v) is 24.3. The number of anilines is 2. The second-order valence-corrected chi connectivity index (χ2v) is 12.3. The number of rotatable bonds is 7. The average Bonchev–Trinajstić information content (AvgIpc) is 3.27. The second kappa shape index (κ2) is 12.6. The number of nitrogens with one attached hydrogen (secondary N) is 2. The van der Waals surface area contributed by atoms with E-state index in [-0.39, 0.29) is 39.8 Å². The van der Waals surface area contributed by atoms with Gasteiger partial charge in [-0.25, -0.2) is 4.39 Å². The summed E-state index contributed by atoms with van der Waals surface area (Å²) in [6.45, 7) is 9.94. The van der Waals surface area contributed by atoms with E-state index in [1.807, 2.05) is 31.2 Å². The van der Waals surface area contributed by atoms with E-state index in [2.05, 4.69) is 42.4 Å². The smallest absolute Gasteiger partial charge is 0.309 e. The minimum Gasteiger partial charge on any atom is -0.466 e. The van der Waals surface area contributed by atoms with Gasteiger partial charge in [0, 0.05) is 36.4 Å². The van der Waals surface area contributed by atoms with E-state index in [1.54, 1.807) is 12.1 Å². The lowest BCUT2D eigenvalue weighted by Crippen LogP contribution is -2.42. The highest BCUT2D eigenvalue weighted by atomic mass is 35.5. The fourth-order valence-corrected chi connectivity index (χ4v) is 6.09. The van der Waals surface area contributed by atoms with Crippen LogP contribution in [0, 0.1) is 34.4 Å². The number of carbonyl (C=O) groups excluding carboxylic acids is 2. The van der Waals surface area contributed by atoms with Crippen LogP contribution in [-0.4, -0.2) is 43.7 Å². The number of carbonyl (C=O) groups is 2. The first kappa shape index (κ1) is 29.8. The zero-order valence-electron chi connectivity index (χ0n) is 23.5. The van der Waals surface area contributed by atoms with Gasteiger partial charge in [-0.05, 0) is 67.5 Å². The van der Waals surface area contributed by atoms with Crippen LogP contribution in [-0.2, 0) is 14.3 Å². The molecule has 0 aromatic heterocycles. The molecular weight excluding hydrogens is 531 g/mol. The Hall–Kier alpha value is -3.15. The molecule has 2 fully saturated rings. The van der Waals surface area contributed by atoms with Crippen molar-refractivity contribution in [3.05, 3.63) is 58.9 Å². The Morgan fingerprint density at radius 1 is 1.18 bits per heavy atom. The van der Waals surface area contributed by atoms with Crippen molar-refractivity contribution in [1.82, 2.24) is 5.32 Å². The van der Waals surface area contributed by atoms with E-state index in [0.717, 1.165) is 31.6 Å². The molecular formula is C31H38ClFN4O3. The molecule has 2 aliphatic rings. The van der Waals surface area contributed by atoms with Gasteiger partial charge in [0.15, 0.2) is 0 Å². The van der Waals surface area contributed by atoms with E-state index in [9.17, 15) is 14.9 Å². The number of nitrogens with zero attached hydrogens (tertiary/aromatic N) is 2. The van der Waals surface area contributed by atoms with Gasteiger partial charge in [0.1, 0.15) is 5.82 Å².